The molecular formula is C18H22N2O6S2. The fourth-order valence-corrected chi connectivity index (χ4v) is 5.16. The summed E-state index contributed by atoms with van der Waals surface area (Å²) >= 11 is 1.56. The van der Waals surface area contributed by atoms with E-state index in [1.165, 1.54) is 0 Å². The number of carbonyl (C=O) groups is 2. The first-order chi connectivity index (χ1) is 13.3. The molecule has 1 saturated heterocycles. The number of aliphatic carboxylic acids is 1. The van der Waals surface area contributed by atoms with E-state index in [4.69, 9.17) is 4.74 Å². The molecule has 2 heterocycles. The fraction of sp³-hybridized carbons (Fsp3) is 0.444. The molecule has 0 amide bonds. The van der Waals surface area contributed by atoms with E-state index in [1.54, 1.807) is 23.5 Å². The van der Waals surface area contributed by atoms with Crippen LogP contribution in [-0.4, -0.2) is 57.1 Å². The second-order valence-electron chi connectivity index (χ2n) is 6.63. The van der Waals surface area contributed by atoms with Crippen LogP contribution in [0.4, 0.5) is 0 Å². The lowest BCUT2D eigenvalue weighted by Gasteiger charge is -2.23. The van der Waals surface area contributed by atoms with Gasteiger partial charge in [0, 0.05) is 24.2 Å². The maximum atomic E-state index is 12.4. The lowest BCUT2D eigenvalue weighted by atomic mass is 10.1. The maximum absolute atomic E-state index is 12.4. The molecule has 1 unspecified atom stereocenters. The van der Waals surface area contributed by atoms with Crippen molar-refractivity contribution in [2.24, 2.45) is 0 Å². The average molecular weight is 427 g/mol. The number of carbonyl (C=O) groups excluding carboxylic acids is 1. The number of nitrogens with one attached hydrogen (secondary N) is 2. The molecule has 0 saturated carbocycles. The van der Waals surface area contributed by atoms with Crippen molar-refractivity contribution in [2.45, 2.75) is 30.7 Å². The van der Waals surface area contributed by atoms with Gasteiger partial charge in [-0.15, -0.1) is 11.3 Å². The van der Waals surface area contributed by atoms with Gasteiger partial charge in [-0.1, -0.05) is 6.07 Å². The molecular weight excluding hydrogens is 404 g/mol. The van der Waals surface area contributed by atoms with Crippen LogP contribution in [0.5, 0.6) is 0 Å². The quantitative estimate of drug-likeness (QED) is 0.549. The van der Waals surface area contributed by atoms with Crippen molar-refractivity contribution in [3.05, 3.63) is 35.2 Å². The number of hydrogen-bond acceptors (Lipinski definition) is 7. The van der Waals surface area contributed by atoms with Crippen LogP contribution in [0, 0.1) is 0 Å². The zero-order valence-corrected chi connectivity index (χ0v) is 16.7. The third-order valence-corrected chi connectivity index (χ3v) is 6.71. The summed E-state index contributed by atoms with van der Waals surface area (Å²) in [4.78, 5) is 23.6. The number of sulfonamides is 1. The van der Waals surface area contributed by atoms with Gasteiger partial charge in [-0.2, -0.15) is 0 Å². The standard InChI is InChI=1S/C18H22N2O6S2/c21-15(16-10-19-6-7-26-16)3-2-14(18(22)23)20-28(24,25)11-12-1-4-17-13(9-12)5-8-27-17/h1,4-5,8-9,14,16,19-20H,2-3,6-7,10-11H2,(H,22,23)/t14-,16?/m1/s1. The summed E-state index contributed by atoms with van der Waals surface area (Å²) in [5.74, 6) is -1.88. The molecule has 28 heavy (non-hydrogen) atoms. The molecule has 0 spiro atoms. The number of carboxylic acids is 1. The summed E-state index contributed by atoms with van der Waals surface area (Å²) in [6.07, 6.45) is -0.819. The highest BCUT2D eigenvalue weighted by atomic mass is 32.2. The van der Waals surface area contributed by atoms with Gasteiger partial charge in [0.05, 0.1) is 12.4 Å². The van der Waals surface area contributed by atoms with Gasteiger partial charge in [0.25, 0.3) is 0 Å². The van der Waals surface area contributed by atoms with Crippen LogP contribution >= 0.6 is 11.3 Å². The van der Waals surface area contributed by atoms with E-state index in [2.05, 4.69) is 10.0 Å². The van der Waals surface area contributed by atoms with Gasteiger partial charge in [0.2, 0.25) is 10.0 Å². The molecule has 152 valence electrons. The molecule has 1 fully saturated rings. The second-order valence-corrected chi connectivity index (χ2v) is 9.33. The lowest BCUT2D eigenvalue weighted by molar-refractivity contribution is -0.139. The number of ketones is 1. The van der Waals surface area contributed by atoms with E-state index in [1.807, 2.05) is 17.5 Å². The molecule has 3 rings (SSSR count). The summed E-state index contributed by atoms with van der Waals surface area (Å²) < 4.78 is 33.5. The minimum atomic E-state index is -3.89. The molecule has 2 atom stereocenters. The molecule has 0 bridgehead atoms. The second kappa shape index (κ2) is 9.10. The number of thiophene rings is 1. The van der Waals surface area contributed by atoms with E-state index in [0.29, 0.717) is 25.3 Å². The Morgan fingerprint density at radius 1 is 1.36 bits per heavy atom. The van der Waals surface area contributed by atoms with Gasteiger partial charge >= 0.3 is 5.97 Å². The molecule has 0 aliphatic carbocycles. The van der Waals surface area contributed by atoms with E-state index in [-0.39, 0.29) is 24.4 Å². The van der Waals surface area contributed by atoms with Crippen molar-refractivity contribution in [1.82, 2.24) is 10.0 Å². The Morgan fingerprint density at radius 3 is 2.89 bits per heavy atom. The number of carboxylic acid groups (broad SMARTS) is 1. The van der Waals surface area contributed by atoms with Gasteiger partial charge < -0.3 is 15.2 Å². The minimum absolute atomic E-state index is 0.0767. The van der Waals surface area contributed by atoms with Crippen molar-refractivity contribution in [3.63, 3.8) is 0 Å². The first-order valence-electron chi connectivity index (χ1n) is 8.88. The fourth-order valence-electron chi connectivity index (χ4n) is 3.04. The zero-order valence-electron chi connectivity index (χ0n) is 15.1. The van der Waals surface area contributed by atoms with Crippen LogP contribution in [0.25, 0.3) is 10.1 Å². The SMILES string of the molecule is O=C(CC[C@@H](NS(=O)(=O)Cc1ccc2sccc2c1)C(=O)O)C1CNCCO1. The van der Waals surface area contributed by atoms with E-state index >= 15 is 0 Å². The number of ether oxygens (including phenoxy) is 1. The van der Waals surface area contributed by atoms with Crippen LogP contribution < -0.4 is 10.0 Å². The topological polar surface area (TPSA) is 122 Å². The summed E-state index contributed by atoms with van der Waals surface area (Å²) in [6, 6.07) is 5.87. The lowest BCUT2D eigenvalue weighted by Crippen LogP contribution is -2.45. The van der Waals surface area contributed by atoms with Crippen molar-refractivity contribution in [1.29, 1.82) is 0 Å². The Bertz CT molecular complexity index is 950. The normalized spacial score (nSPS) is 18.8. The number of fused-ring (bicyclic) bond motifs is 1. The number of hydrogen-bond donors (Lipinski definition) is 3. The Kier molecular flexibility index (Phi) is 6.78. The average Bonchev–Trinajstić information content (AvgIpc) is 3.12. The van der Waals surface area contributed by atoms with Crippen LogP contribution in [0.1, 0.15) is 18.4 Å². The zero-order chi connectivity index (χ0) is 20.1. The van der Waals surface area contributed by atoms with Gasteiger partial charge in [0.1, 0.15) is 12.1 Å². The molecule has 1 aromatic carbocycles. The molecule has 0 radical (unpaired) electrons. The summed E-state index contributed by atoms with van der Waals surface area (Å²) in [6.45, 7) is 1.46. The third-order valence-electron chi connectivity index (χ3n) is 4.46. The summed E-state index contributed by atoms with van der Waals surface area (Å²) in [7, 11) is -3.89. The van der Waals surface area contributed by atoms with E-state index in [9.17, 15) is 23.1 Å². The third kappa shape index (κ3) is 5.58. The number of rotatable bonds is 9. The highest BCUT2D eigenvalue weighted by molar-refractivity contribution is 7.88. The number of Topliss-reactive ketones (excluding diaryl/α,β-unsaturated/α-hetero) is 1. The minimum Gasteiger partial charge on any atom is -0.480 e. The largest absolute Gasteiger partial charge is 0.480 e. The van der Waals surface area contributed by atoms with Gasteiger partial charge in [-0.05, 0) is 40.9 Å². The van der Waals surface area contributed by atoms with Crippen molar-refractivity contribution < 1.29 is 27.9 Å². The highest BCUT2D eigenvalue weighted by Gasteiger charge is 2.27. The van der Waals surface area contributed by atoms with Gasteiger partial charge in [-0.25, -0.2) is 13.1 Å². The molecule has 8 nitrogen and oxygen atoms in total. The van der Waals surface area contributed by atoms with Crippen LogP contribution in [0.2, 0.25) is 0 Å². The van der Waals surface area contributed by atoms with Crippen molar-refractivity contribution in [2.75, 3.05) is 19.7 Å². The summed E-state index contributed by atoms with van der Waals surface area (Å²) in [5, 5.41) is 15.3. The molecule has 2 aromatic rings. The first kappa shape index (κ1) is 20.9. The first-order valence-corrected chi connectivity index (χ1v) is 11.4. The van der Waals surface area contributed by atoms with E-state index < -0.39 is 28.1 Å². The summed E-state index contributed by atoms with van der Waals surface area (Å²) in [5.41, 5.74) is 0.570. The monoisotopic (exact) mass is 426 g/mol. The van der Waals surface area contributed by atoms with Gasteiger partial charge in [-0.3, -0.25) is 9.59 Å². The van der Waals surface area contributed by atoms with Crippen LogP contribution in [0.15, 0.2) is 29.6 Å². The Balaban J connectivity index is 1.60. The van der Waals surface area contributed by atoms with Crippen LogP contribution in [0.3, 0.4) is 0 Å². The number of morpholine rings is 1. The van der Waals surface area contributed by atoms with Crippen LogP contribution in [-0.2, 0) is 30.1 Å². The maximum Gasteiger partial charge on any atom is 0.321 e. The predicted molar refractivity (Wildman–Crippen MR) is 106 cm³/mol. The molecule has 1 aliphatic heterocycles. The van der Waals surface area contributed by atoms with Crippen molar-refractivity contribution >= 4 is 43.2 Å². The van der Waals surface area contributed by atoms with Crippen molar-refractivity contribution in [3.8, 4) is 0 Å². The smallest absolute Gasteiger partial charge is 0.321 e. The molecule has 10 heteroatoms. The predicted octanol–water partition coefficient (Wildman–Crippen LogP) is 1.11. The van der Waals surface area contributed by atoms with E-state index in [0.717, 1.165) is 10.1 Å². The molecule has 3 N–H and O–H groups in total. The Morgan fingerprint density at radius 2 is 2.18 bits per heavy atom. The van der Waals surface area contributed by atoms with Gasteiger partial charge in [0.15, 0.2) is 5.78 Å². The Hall–Kier alpha value is -1.85. The Labute approximate surface area is 166 Å². The highest BCUT2D eigenvalue weighted by Crippen LogP contribution is 2.22. The number of benzene rings is 1. The molecule has 1 aliphatic rings. The molecule has 1 aromatic heterocycles.